The minimum Gasteiger partial charge on any atom is -0.496 e. The Morgan fingerprint density at radius 2 is 1.95 bits per heavy atom. The van der Waals surface area contributed by atoms with Gasteiger partial charge in [-0.3, -0.25) is 0 Å². The van der Waals surface area contributed by atoms with E-state index in [4.69, 9.17) is 4.74 Å². The molecule has 20 heavy (non-hydrogen) atoms. The van der Waals surface area contributed by atoms with Gasteiger partial charge in [0.05, 0.1) is 12.0 Å². The third kappa shape index (κ3) is 3.04. The number of methoxy groups -OCH3 is 1. The van der Waals surface area contributed by atoms with E-state index in [-0.39, 0.29) is 0 Å². The van der Waals surface area contributed by atoms with Gasteiger partial charge in [0.25, 0.3) is 0 Å². The second-order valence-corrected chi connectivity index (χ2v) is 5.63. The lowest BCUT2D eigenvalue weighted by Gasteiger charge is -2.15. The number of benzene rings is 1. The molecule has 1 aromatic heterocycles. The first kappa shape index (κ1) is 14.7. The van der Waals surface area contributed by atoms with E-state index in [2.05, 4.69) is 29.1 Å². The molecule has 0 aliphatic heterocycles. The third-order valence-corrected chi connectivity index (χ3v) is 4.01. The molecule has 0 fully saturated rings. The maximum atomic E-state index is 5.39. The van der Waals surface area contributed by atoms with Crippen LogP contribution in [0.2, 0.25) is 0 Å². The van der Waals surface area contributed by atoms with Gasteiger partial charge in [-0.2, -0.15) is 0 Å². The molecule has 4 nitrogen and oxygen atoms in total. The van der Waals surface area contributed by atoms with Gasteiger partial charge in [-0.25, -0.2) is 9.97 Å². The molecule has 0 spiro atoms. The van der Waals surface area contributed by atoms with Crippen LogP contribution < -0.4 is 10.1 Å². The number of hydrogen-bond acceptors (Lipinski definition) is 5. The fraction of sp³-hybridized carbons (Fsp3) is 0.333. The van der Waals surface area contributed by atoms with Gasteiger partial charge in [-0.1, -0.05) is 37.7 Å². The number of nitrogens with one attached hydrogen (secondary N) is 1. The molecule has 2 rings (SSSR count). The van der Waals surface area contributed by atoms with Gasteiger partial charge in [0.2, 0.25) is 0 Å². The van der Waals surface area contributed by atoms with Gasteiger partial charge in [-0.05, 0) is 18.1 Å². The summed E-state index contributed by atoms with van der Waals surface area (Å²) in [4.78, 5) is 9.79. The lowest BCUT2D eigenvalue weighted by molar-refractivity contribution is 0.405. The van der Waals surface area contributed by atoms with Gasteiger partial charge >= 0.3 is 0 Å². The molecule has 2 aromatic rings. The Hall–Kier alpha value is -1.75. The van der Waals surface area contributed by atoms with Crippen LogP contribution in [0.25, 0.3) is 0 Å². The van der Waals surface area contributed by atoms with E-state index in [0.717, 1.165) is 27.1 Å². The number of rotatable bonds is 5. The molecular weight excluding hydrogens is 270 g/mol. The first-order chi connectivity index (χ1) is 9.67. The third-order valence-electron chi connectivity index (χ3n) is 2.94. The predicted molar refractivity (Wildman–Crippen MR) is 82.8 cm³/mol. The molecule has 0 atom stereocenters. The molecule has 1 aromatic carbocycles. The predicted octanol–water partition coefficient (Wildman–Crippen LogP) is 3.80. The van der Waals surface area contributed by atoms with Crippen LogP contribution in [-0.2, 0) is 0 Å². The van der Waals surface area contributed by atoms with Gasteiger partial charge in [0.15, 0.2) is 0 Å². The van der Waals surface area contributed by atoms with E-state index in [1.807, 2.05) is 31.3 Å². The molecular formula is C15H19N3OS. The number of anilines is 1. The Bertz CT molecular complexity index is 587. The number of ether oxygens (including phenoxy) is 1. The van der Waals surface area contributed by atoms with E-state index in [0.29, 0.717) is 5.92 Å². The standard InChI is InChI=1S/C15H19N3OS/c1-10(2)13-14(16-3)17-9-18-15(13)20-12-8-6-5-7-11(12)19-4/h5-10H,1-4H3,(H,16,17,18). The molecule has 106 valence electrons. The summed E-state index contributed by atoms with van der Waals surface area (Å²) in [5.74, 6) is 2.08. The van der Waals surface area contributed by atoms with Gasteiger partial charge in [0, 0.05) is 12.6 Å². The van der Waals surface area contributed by atoms with E-state index in [1.165, 1.54) is 0 Å². The number of hydrogen-bond donors (Lipinski definition) is 1. The minimum atomic E-state index is 0.343. The largest absolute Gasteiger partial charge is 0.496 e. The van der Waals surface area contributed by atoms with Crippen molar-refractivity contribution in [1.82, 2.24) is 9.97 Å². The fourth-order valence-corrected chi connectivity index (χ4v) is 3.14. The lowest BCUT2D eigenvalue weighted by atomic mass is 10.1. The van der Waals surface area contributed by atoms with Crippen LogP contribution in [-0.4, -0.2) is 24.1 Å². The van der Waals surface area contributed by atoms with E-state index < -0.39 is 0 Å². The SMILES string of the molecule is CNc1ncnc(Sc2ccccc2OC)c1C(C)C. The minimum absolute atomic E-state index is 0.343. The molecule has 1 N–H and O–H groups in total. The van der Waals surface area contributed by atoms with Crippen molar-refractivity contribution in [2.75, 3.05) is 19.5 Å². The Morgan fingerprint density at radius 3 is 2.60 bits per heavy atom. The molecule has 0 radical (unpaired) electrons. The normalized spacial score (nSPS) is 10.7. The quantitative estimate of drug-likeness (QED) is 0.848. The maximum Gasteiger partial charge on any atom is 0.133 e. The Kier molecular flexibility index (Phi) is 4.84. The van der Waals surface area contributed by atoms with Crippen molar-refractivity contribution in [2.45, 2.75) is 29.7 Å². The Morgan fingerprint density at radius 1 is 1.20 bits per heavy atom. The number of aromatic nitrogens is 2. The summed E-state index contributed by atoms with van der Waals surface area (Å²) in [6.45, 7) is 4.29. The van der Waals surface area contributed by atoms with Crippen LogP contribution in [0.1, 0.15) is 25.3 Å². The summed E-state index contributed by atoms with van der Waals surface area (Å²) >= 11 is 1.61. The molecule has 0 aliphatic carbocycles. The van der Waals surface area contributed by atoms with Gasteiger partial charge in [-0.15, -0.1) is 0 Å². The zero-order chi connectivity index (χ0) is 14.5. The topological polar surface area (TPSA) is 47.0 Å². The summed E-state index contributed by atoms with van der Waals surface area (Å²) < 4.78 is 5.39. The summed E-state index contributed by atoms with van der Waals surface area (Å²) in [6.07, 6.45) is 1.59. The van der Waals surface area contributed by atoms with Crippen molar-refractivity contribution in [3.8, 4) is 5.75 Å². The summed E-state index contributed by atoms with van der Waals surface area (Å²) in [7, 11) is 3.56. The smallest absolute Gasteiger partial charge is 0.133 e. The monoisotopic (exact) mass is 289 g/mol. The summed E-state index contributed by atoms with van der Waals surface area (Å²) in [5, 5.41) is 4.10. The highest BCUT2D eigenvalue weighted by atomic mass is 32.2. The van der Waals surface area contributed by atoms with Crippen molar-refractivity contribution in [1.29, 1.82) is 0 Å². The molecule has 0 saturated carbocycles. The summed E-state index contributed by atoms with van der Waals surface area (Å²) in [5.41, 5.74) is 1.13. The molecule has 5 heteroatoms. The Balaban J connectivity index is 2.43. The van der Waals surface area contributed by atoms with Crippen molar-refractivity contribution in [3.05, 3.63) is 36.2 Å². The molecule has 1 heterocycles. The second-order valence-electron chi connectivity index (χ2n) is 4.60. The van der Waals surface area contributed by atoms with Crippen molar-refractivity contribution in [3.63, 3.8) is 0 Å². The average Bonchev–Trinajstić information content (AvgIpc) is 2.47. The van der Waals surface area contributed by atoms with Gasteiger partial charge in [0.1, 0.15) is 22.9 Å². The first-order valence-corrected chi connectivity index (χ1v) is 7.32. The maximum absolute atomic E-state index is 5.39. The molecule has 0 unspecified atom stereocenters. The van der Waals surface area contributed by atoms with E-state index in [9.17, 15) is 0 Å². The van der Waals surface area contributed by atoms with E-state index >= 15 is 0 Å². The zero-order valence-corrected chi connectivity index (χ0v) is 13.0. The molecule has 0 amide bonds. The second kappa shape index (κ2) is 6.61. The number of nitrogens with zero attached hydrogens (tertiary/aromatic N) is 2. The van der Waals surface area contributed by atoms with Crippen LogP contribution >= 0.6 is 11.8 Å². The highest BCUT2D eigenvalue weighted by Crippen LogP contribution is 2.38. The fourth-order valence-electron chi connectivity index (χ4n) is 1.99. The van der Waals surface area contributed by atoms with Crippen LogP contribution in [0.3, 0.4) is 0 Å². The van der Waals surface area contributed by atoms with Crippen molar-refractivity contribution >= 4 is 17.6 Å². The highest BCUT2D eigenvalue weighted by Gasteiger charge is 2.16. The zero-order valence-electron chi connectivity index (χ0n) is 12.2. The number of para-hydroxylation sites is 1. The van der Waals surface area contributed by atoms with Crippen LogP contribution in [0.4, 0.5) is 5.82 Å². The van der Waals surface area contributed by atoms with E-state index in [1.54, 1.807) is 25.2 Å². The lowest BCUT2D eigenvalue weighted by Crippen LogP contribution is -2.04. The van der Waals surface area contributed by atoms with Crippen LogP contribution in [0.15, 0.2) is 40.5 Å². The first-order valence-electron chi connectivity index (χ1n) is 6.50. The van der Waals surface area contributed by atoms with Crippen molar-refractivity contribution < 1.29 is 4.74 Å². The highest BCUT2D eigenvalue weighted by molar-refractivity contribution is 7.99. The molecule has 0 aliphatic rings. The van der Waals surface area contributed by atoms with Gasteiger partial charge < -0.3 is 10.1 Å². The molecule has 0 saturated heterocycles. The van der Waals surface area contributed by atoms with Crippen molar-refractivity contribution in [2.24, 2.45) is 0 Å². The summed E-state index contributed by atoms with van der Waals surface area (Å²) in [6, 6.07) is 7.96. The molecule has 0 bridgehead atoms. The Labute approximate surface area is 124 Å². The van der Waals surface area contributed by atoms with Crippen LogP contribution in [0.5, 0.6) is 5.75 Å². The average molecular weight is 289 g/mol. The van der Waals surface area contributed by atoms with Crippen LogP contribution in [0, 0.1) is 0 Å².